The smallest absolute Gasteiger partial charge is 0.310 e. The van der Waals surface area contributed by atoms with Gasteiger partial charge in [0.05, 0.1) is 18.1 Å². The molecule has 2 aliphatic rings. The van der Waals surface area contributed by atoms with Gasteiger partial charge in [0.15, 0.2) is 5.76 Å². The quantitative estimate of drug-likeness (QED) is 0.412. The van der Waals surface area contributed by atoms with E-state index in [-0.39, 0.29) is 18.1 Å². The van der Waals surface area contributed by atoms with E-state index in [0.717, 1.165) is 11.1 Å². The molecule has 1 aliphatic carbocycles. The number of allylic oxidation sites excluding steroid dienone is 2. The number of benzene rings is 1. The Morgan fingerprint density at radius 1 is 1.36 bits per heavy atom. The van der Waals surface area contributed by atoms with Crippen molar-refractivity contribution < 1.29 is 23.7 Å². The Kier molecular flexibility index (Phi) is 6.90. The topological polar surface area (TPSA) is 104 Å². The normalized spacial score (nSPS) is 29.3. The number of tetrazole rings is 1. The number of H-pyrrole nitrogens is 1. The van der Waals surface area contributed by atoms with Gasteiger partial charge in [0, 0.05) is 24.7 Å². The monoisotopic (exact) mass is 460 g/mol. The number of hydrogen-bond donors (Lipinski definition) is 3. The third-order valence-corrected chi connectivity index (χ3v) is 6.71. The highest BCUT2D eigenvalue weighted by molar-refractivity contribution is 5.27. The minimum Gasteiger partial charge on any atom is -0.488 e. The lowest BCUT2D eigenvalue weighted by Gasteiger charge is -2.23. The summed E-state index contributed by atoms with van der Waals surface area (Å²) in [5.74, 6) is -5.06. The number of unbranched alkanes of at least 4 members (excludes halogenated alkanes) is 1. The third kappa shape index (κ3) is 4.99. The number of aliphatic hydroxyl groups is 2. The van der Waals surface area contributed by atoms with Gasteiger partial charge in [-0.3, -0.25) is 0 Å². The number of hydrogen-bond acceptors (Lipinski definition) is 6. The Morgan fingerprint density at radius 3 is 2.91 bits per heavy atom. The van der Waals surface area contributed by atoms with Crippen molar-refractivity contribution in [2.24, 2.45) is 11.8 Å². The van der Waals surface area contributed by atoms with Gasteiger partial charge in [0.25, 0.3) is 0 Å². The summed E-state index contributed by atoms with van der Waals surface area (Å²) in [7, 11) is 0. The van der Waals surface area contributed by atoms with Crippen LogP contribution in [0.1, 0.15) is 49.1 Å². The first-order valence-electron chi connectivity index (χ1n) is 11.4. The van der Waals surface area contributed by atoms with Crippen LogP contribution in [0, 0.1) is 18.8 Å². The molecule has 2 aromatic rings. The van der Waals surface area contributed by atoms with Gasteiger partial charge >= 0.3 is 5.92 Å². The van der Waals surface area contributed by atoms with Crippen LogP contribution in [-0.4, -0.2) is 55.1 Å². The van der Waals surface area contributed by atoms with Crippen LogP contribution in [0.3, 0.4) is 0 Å². The fourth-order valence-electron chi connectivity index (χ4n) is 4.81. The van der Waals surface area contributed by atoms with E-state index in [1.54, 1.807) is 6.08 Å². The van der Waals surface area contributed by atoms with Gasteiger partial charge in [-0.15, -0.1) is 5.10 Å². The van der Waals surface area contributed by atoms with Crippen LogP contribution >= 0.6 is 0 Å². The van der Waals surface area contributed by atoms with Gasteiger partial charge in [0.1, 0.15) is 11.9 Å². The number of aromatic nitrogens is 4. The summed E-state index contributed by atoms with van der Waals surface area (Å²) in [6.45, 7) is 3.87. The highest BCUT2D eigenvalue weighted by Crippen LogP contribution is 2.54. The zero-order chi connectivity index (χ0) is 23.6. The number of nitrogens with one attached hydrogen (secondary N) is 1. The van der Waals surface area contributed by atoms with Crippen LogP contribution in [0.15, 0.2) is 48.3 Å². The fraction of sp³-hybridized carbons (Fsp3) is 0.542. The first kappa shape index (κ1) is 23.5. The Balaban J connectivity index is 1.41. The van der Waals surface area contributed by atoms with E-state index in [1.165, 1.54) is 12.2 Å². The molecular weight excluding hydrogens is 430 g/mol. The van der Waals surface area contributed by atoms with E-state index < -0.39 is 36.1 Å². The number of aryl methyl sites for hydroxylation is 2. The minimum absolute atomic E-state index is 0.139. The van der Waals surface area contributed by atoms with E-state index in [2.05, 4.69) is 20.6 Å². The summed E-state index contributed by atoms with van der Waals surface area (Å²) in [4.78, 5) is 0. The largest absolute Gasteiger partial charge is 0.488 e. The van der Waals surface area contributed by atoms with E-state index in [0.29, 0.717) is 25.1 Å². The predicted octanol–water partition coefficient (Wildman–Crippen LogP) is 3.47. The van der Waals surface area contributed by atoms with E-state index in [1.807, 2.05) is 38.1 Å². The van der Waals surface area contributed by atoms with Gasteiger partial charge in [-0.25, -0.2) is 5.10 Å². The maximum Gasteiger partial charge on any atom is 0.310 e. The van der Waals surface area contributed by atoms with Crippen molar-refractivity contribution in [1.82, 2.24) is 20.6 Å². The Hall–Kier alpha value is -2.65. The SMILES string of the molecule is Cc1cccc(C(C)[C@H](O)/C=C/[C@@H]2C3C(C[C@H]2O)O/C(=C\CCCc2nnn[nH]2)C3(F)F)c1. The number of alkyl halides is 2. The molecule has 1 aromatic carbocycles. The number of aromatic amines is 1. The van der Waals surface area contributed by atoms with E-state index >= 15 is 8.78 Å². The maximum atomic E-state index is 15.2. The predicted molar refractivity (Wildman–Crippen MR) is 117 cm³/mol. The summed E-state index contributed by atoms with van der Waals surface area (Å²) >= 11 is 0. The molecule has 4 rings (SSSR count). The van der Waals surface area contributed by atoms with Gasteiger partial charge in [-0.1, -0.05) is 48.9 Å². The molecule has 33 heavy (non-hydrogen) atoms. The molecule has 3 N–H and O–H groups in total. The first-order chi connectivity index (χ1) is 15.8. The van der Waals surface area contributed by atoms with Crippen LogP contribution in [0.25, 0.3) is 0 Å². The van der Waals surface area contributed by atoms with E-state index in [9.17, 15) is 10.2 Å². The molecule has 0 bridgehead atoms. The second-order valence-corrected chi connectivity index (χ2v) is 9.07. The molecule has 1 aliphatic heterocycles. The molecule has 1 saturated carbocycles. The van der Waals surface area contributed by atoms with Crippen LogP contribution in [0.4, 0.5) is 8.78 Å². The van der Waals surface area contributed by atoms with Crippen LogP contribution in [-0.2, 0) is 11.2 Å². The Labute approximate surface area is 191 Å². The lowest BCUT2D eigenvalue weighted by atomic mass is 9.86. The van der Waals surface area contributed by atoms with E-state index in [4.69, 9.17) is 4.74 Å². The van der Waals surface area contributed by atoms with Crippen molar-refractivity contribution in [3.05, 3.63) is 65.2 Å². The molecule has 3 unspecified atom stereocenters. The van der Waals surface area contributed by atoms with Crippen LogP contribution < -0.4 is 0 Å². The number of fused-ring (bicyclic) bond motifs is 1. The summed E-state index contributed by atoms with van der Waals surface area (Å²) in [6.07, 6.45) is 3.67. The number of halogens is 2. The van der Waals surface area contributed by atoms with Crippen molar-refractivity contribution in [2.45, 2.75) is 69.7 Å². The highest BCUT2D eigenvalue weighted by atomic mass is 19.3. The molecular formula is C24H30F2N4O3. The van der Waals surface area contributed by atoms with Crippen molar-refractivity contribution in [1.29, 1.82) is 0 Å². The molecule has 7 nitrogen and oxygen atoms in total. The van der Waals surface area contributed by atoms with Crippen molar-refractivity contribution >= 4 is 0 Å². The number of ether oxygens (including phenoxy) is 1. The zero-order valence-corrected chi connectivity index (χ0v) is 18.7. The molecule has 0 spiro atoms. The van der Waals surface area contributed by atoms with Gasteiger partial charge in [-0.2, -0.15) is 8.78 Å². The summed E-state index contributed by atoms with van der Waals surface area (Å²) < 4.78 is 36.1. The lowest BCUT2D eigenvalue weighted by Crippen LogP contribution is -2.33. The minimum atomic E-state index is -3.18. The third-order valence-electron chi connectivity index (χ3n) is 6.71. The first-order valence-corrected chi connectivity index (χ1v) is 11.4. The molecule has 6 atom stereocenters. The Morgan fingerprint density at radius 2 is 2.18 bits per heavy atom. The number of nitrogens with zero attached hydrogens (tertiary/aromatic N) is 3. The van der Waals surface area contributed by atoms with Crippen LogP contribution in [0.2, 0.25) is 0 Å². The average molecular weight is 461 g/mol. The number of rotatable bonds is 8. The van der Waals surface area contributed by atoms with Crippen molar-refractivity contribution in [3.8, 4) is 0 Å². The fourth-order valence-corrected chi connectivity index (χ4v) is 4.81. The standard InChI is InChI=1S/C24H30F2N4O3/c1-14-6-5-7-16(12-14)15(2)18(31)11-10-17-19(32)13-20-23(17)24(25,26)21(33-20)8-3-4-9-22-27-29-30-28-22/h5-8,10-12,15,17-20,23,31-32H,3-4,9,13H2,1-2H3,(H,27,28,29,30)/b11-10+,21-8-/t15?,17-,18+,19+,20?,23?/m0/s1. The molecule has 0 amide bonds. The summed E-state index contributed by atoms with van der Waals surface area (Å²) in [6, 6.07) is 7.84. The molecule has 2 fully saturated rings. The second-order valence-electron chi connectivity index (χ2n) is 9.07. The van der Waals surface area contributed by atoms with Crippen molar-refractivity contribution in [2.75, 3.05) is 0 Å². The highest BCUT2D eigenvalue weighted by Gasteiger charge is 2.63. The van der Waals surface area contributed by atoms with Gasteiger partial charge in [-0.05, 0) is 41.8 Å². The van der Waals surface area contributed by atoms with Gasteiger partial charge in [0.2, 0.25) is 0 Å². The lowest BCUT2D eigenvalue weighted by molar-refractivity contribution is -0.0273. The maximum absolute atomic E-state index is 15.2. The molecule has 178 valence electrons. The molecule has 1 saturated heterocycles. The number of aliphatic hydroxyl groups excluding tert-OH is 2. The Bertz CT molecular complexity index is 995. The second kappa shape index (κ2) is 9.69. The average Bonchev–Trinajstić information content (AvgIpc) is 3.46. The summed E-state index contributed by atoms with van der Waals surface area (Å²) in [5.41, 5.74) is 2.06. The molecule has 1 aromatic heterocycles. The molecule has 9 heteroatoms. The van der Waals surface area contributed by atoms with Crippen molar-refractivity contribution in [3.63, 3.8) is 0 Å². The summed E-state index contributed by atoms with van der Waals surface area (Å²) in [5, 5.41) is 34.5. The zero-order valence-electron chi connectivity index (χ0n) is 18.7. The molecule has 0 radical (unpaired) electrons. The molecule has 2 heterocycles. The van der Waals surface area contributed by atoms with Crippen LogP contribution in [0.5, 0.6) is 0 Å². The van der Waals surface area contributed by atoms with Gasteiger partial charge < -0.3 is 14.9 Å².